The second-order valence-electron chi connectivity index (χ2n) is 6.19. The van der Waals surface area contributed by atoms with Crippen LogP contribution in [0.4, 0.5) is 5.82 Å². The third-order valence-electron chi connectivity index (χ3n) is 4.23. The number of hydrogen-bond acceptors (Lipinski definition) is 6. The molecule has 6 nitrogen and oxygen atoms in total. The van der Waals surface area contributed by atoms with Crippen LogP contribution < -0.4 is 5.32 Å². The topological polar surface area (TPSA) is 69.2 Å². The summed E-state index contributed by atoms with van der Waals surface area (Å²) in [5.74, 6) is 1.86. The van der Waals surface area contributed by atoms with E-state index in [0.717, 1.165) is 36.8 Å². The molecule has 1 fully saturated rings. The molecule has 0 aliphatic carbocycles. The van der Waals surface area contributed by atoms with Crippen molar-refractivity contribution in [2.45, 2.75) is 39.3 Å². The lowest BCUT2D eigenvalue weighted by molar-refractivity contribution is 0.177. The Morgan fingerprint density at radius 2 is 2.17 bits per heavy atom. The number of nitrogens with one attached hydrogen (secondary N) is 1. The predicted molar refractivity (Wildman–Crippen MR) is 92.0 cm³/mol. The van der Waals surface area contributed by atoms with Gasteiger partial charge < -0.3 is 14.8 Å². The van der Waals surface area contributed by atoms with Crippen LogP contribution in [0.25, 0.3) is 0 Å². The number of hydrogen-bond donors (Lipinski definition) is 1. The Labute approximate surface area is 142 Å². The van der Waals surface area contributed by atoms with Crippen molar-refractivity contribution in [1.29, 1.82) is 0 Å². The SMILES string of the molecule is COCc1nc(NCc2cnc(C)cc2C)cc([C@H]2CCOC2)n1. The molecule has 3 heterocycles. The quantitative estimate of drug-likeness (QED) is 0.879. The highest BCUT2D eigenvalue weighted by Gasteiger charge is 2.20. The van der Waals surface area contributed by atoms with Gasteiger partial charge in [0.2, 0.25) is 0 Å². The summed E-state index contributed by atoms with van der Waals surface area (Å²) >= 11 is 0. The number of anilines is 1. The van der Waals surface area contributed by atoms with Gasteiger partial charge in [-0.3, -0.25) is 4.98 Å². The molecule has 1 aliphatic heterocycles. The highest BCUT2D eigenvalue weighted by molar-refractivity contribution is 5.39. The summed E-state index contributed by atoms with van der Waals surface area (Å²) in [6.45, 7) is 6.71. The van der Waals surface area contributed by atoms with Crippen molar-refractivity contribution in [3.8, 4) is 0 Å². The van der Waals surface area contributed by atoms with Crippen LogP contribution in [0, 0.1) is 13.8 Å². The van der Waals surface area contributed by atoms with Gasteiger partial charge in [-0.05, 0) is 37.5 Å². The molecule has 0 saturated carbocycles. The number of ether oxygens (including phenoxy) is 2. The molecule has 3 rings (SSSR count). The highest BCUT2D eigenvalue weighted by Crippen LogP contribution is 2.25. The van der Waals surface area contributed by atoms with Crippen LogP contribution in [-0.4, -0.2) is 35.3 Å². The largest absolute Gasteiger partial charge is 0.381 e. The Morgan fingerprint density at radius 3 is 2.88 bits per heavy atom. The van der Waals surface area contributed by atoms with Crippen molar-refractivity contribution in [2.24, 2.45) is 0 Å². The van der Waals surface area contributed by atoms with Gasteiger partial charge in [-0.1, -0.05) is 0 Å². The van der Waals surface area contributed by atoms with Crippen molar-refractivity contribution in [3.63, 3.8) is 0 Å². The molecule has 1 aliphatic rings. The lowest BCUT2D eigenvalue weighted by Crippen LogP contribution is -2.10. The molecule has 2 aromatic heterocycles. The maximum Gasteiger partial charge on any atom is 0.156 e. The number of nitrogens with zero attached hydrogens (tertiary/aromatic N) is 3. The minimum atomic E-state index is 0.340. The molecule has 0 amide bonds. The van der Waals surface area contributed by atoms with Gasteiger partial charge in [0, 0.05) is 44.1 Å². The molecule has 128 valence electrons. The van der Waals surface area contributed by atoms with Gasteiger partial charge in [-0.25, -0.2) is 9.97 Å². The molecule has 1 saturated heterocycles. The summed E-state index contributed by atoms with van der Waals surface area (Å²) in [7, 11) is 1.66. The van der Waals surface area contributed by atoms with E-state index in [-0.39, 0.29) is 0 Å². The Balaban J connectivity index is 1.78. The third-order valence-corrected chi connectivity index (χ3v) is 4.23. The normalized spacial score (nSPS) is 17.2. The number of rotatable bonds is 6. The Kier molecular flexibility index (Phi) is 5.37. The van der Waals surface area contributed by atoms with E-state index >= 15 is 0 Å². The van der Waals surface area contributed by atoms with Gasteiger partial charge in [0.1, 0.15) is 12.4 Å². The van der Waals surface area contributed by atoms with Gasteiger partial charge in [0.25, 0.3) is 0 Å². The number of aryl methyl sites for hydroxylation is 2. The van der Waals surface area contributed by atoms with Crippen molar-refractivity contribution >= 4 is 5.82 Å². The zero-order valence-corrected chi connectivity index (χ0v) is 14.5. The van der Waals surface area contributed by atoms with E-state index in [1.807, 2.05) is 19.2 Å². The molecular weight excluding hydrogens is 304 g/mol. The third kappa shape index (κ3) is 4.07. The first-order valence-electron chi connectivity index (χ1n) is 8.26. The Hall–Kier alpha value is -2.05. The van der Waals surface area contributed by atoms with E-state index in [2.05, 4.69) is 33.3 Å². The van der Waals surface area contributed by atoms with Crippen LogP contribution in [0.5, 0.6) is 0 Å². The maximum atomic E-state index is 5.49. The Morgan fingerprint density at radius 1 is 1.29 bits per heavy atom. The summed E-state index contributed by atoms with van der Waals surface area (Å²) in [5.41, 5.74) is 4.45. The molecule has 24 heavy (non-hydrogen) atoms. The first-order valence-corrected chi connectivity index (χ1v) is 8.26. The second-order valence-corrected chi connectivity index (χ2v) is 6.19. The van der Waals surface area contributed by atoms with Crippen molar-refractivity contribution in [3.05, 3.63) is 46.7 Å². The zero-order valence-electron chi connectivity index (χ0n) is 14.5. The molecule has 0 bridgehead atoms. The Bertz CT molecular complexity index is 699. The molecular formula is C18H24N4O2. The second kappa shape index (κ2) is 7.68. The van der Waals surface area contributed by atoms with E-state index in [9.17, 15) is 0 Å². The van der Waals surface area contributed by atoms with Gasteiger partial charge >= 0.3 is 0 Å². The van der Waals surface area contributed by atoms with E-state index in [1.54, 1.807) is 7.11 Å². The van der Waals surface area contributed by atoms with Gasteiger partial charge in [0.15, 0.2) is 5.82 Å². The van der Waals surface area contributed by atoms with Crippen LogP contribution in [0.2, 0.25) is 0 Å². The fourth-order valence-corrected chi connectivity index (χ4v) is 2.87. The van der Waals surface area contributed by atoms with Crippen molar-refractivity contribution in [1.82, 2.24) is 15.0 Å². The number of aromatic nitrogens is 3. The fraction of sp³-hybridized carbons (Fsp3) is 0.500. The standard InChI is InChI=1S/C18H24N4O2/c1-12-6-13(2)19-8-15(12)9-20-17-7-16(14-4-5-24-10-14)21-18(22-17)11-23-3/h6-8,14H,4-5,9-11H2,1-3H3,(H,20,21,22)/t14-/m0/s1. The van der Waals surface area contributed by atoms with Gasteiger partial charge in [0.05, 0.1) is 12.3 Å². The van der Waals surface area contributed by atoms with Crippen molar-refractivity contribution < 1.29 is 9.47 Å². The van der Waals surface area contributed by atoms with Crippen LogP contribution >= 0.6 is 0 Å². The van der Waals surface area contributed by atoms with Crippen molar-refractivity contribution in [2.75, 3.05) is 25.6 Å². The van der Waals surface area contributed by atoms with Crippen LogP contribution in [0.3, 0.4) is 0 Å². The van der Waals surface area contributed by atoms with E-state index in [0.29, 0.717) is 24.9 Å². The molecule has 0 aromatic carbocycles. The fourth-order valence-electron chi connectivity index (χ4n) is 2.87. The monoisotopic (exact) mass is 328 g/mol. The summed E-state index contributed by atoms with van der Waals surface area (Å²) < 4.78 is 10.7. The van der Waals surface area contributed by atoms with E-state index < -0.39 is 0 Å². The maximum absolute atomic E-state index is 5.49. The minimum absolute atomic E-state index is 0.340. The average Bonchev–Trinajstić information content (AvgIpc) is 3.09. The first-order chi connectivity index (χ1) is 11.7. The predicted octanol–water partition coefficient (Wildman–Crippen LogP) is 2.75. The molecule has 0 unspecified atom stereocenters. The smallest absolute Gasteiger partial charge is 0.156 e. The van der Waals surface area contributed by atoms with Gasteiger partial charge in [-0.2, -0.15) is 0 Å². The molecule has 6 heteroatoms. The average molecular weight is 328 g/mol. The number of methoxy groups -OCH3 is 1. The van der Waals surface area contributed by atoms with Crippen LogP contribution in [-0.2, 0) is 22.6 Å². The lowest BCUT2D eigenvalue weighted by Gasteiger charge is -2.13. The van der Waals surface area contributed by atoms with E-state index in [4.69, 9.17) is 9.47 Å². The molecule has 0 spiro atoms. The first kappa shape index (κ1) is 16.8. The molecule has 1 N–H and O–H groups in total. The van der Waals surface area contributed by atoms with Gasteiger partial charge in [-0.15, -0.1) is 0 Å². The zero-order chi connectivity index (χ0) is 16.9. The van der Waals surface area contributed by atoms with Crippen LogP contribution in [0.15, 0.2) is 18.3 Å². The molecule has 2 aromatic rings. The summed E-state index contributed by atoms with van der Waals surface area (Å²) in [4.78, 5) is 13.5. The summed E-state index contributed by atoms with van der Waals surface area (Å²) in [6.07, 6.45) is 2.92. The van der Waals surface area contributed by atoms with Crippen LogP contribution in [0.1, 0.15) is 40.7 Å². The lowest BCUT2D eigenvalue weighted by atomic mass is 10.0. The summed E-state index contributed by atoms with van der Waals surface area (Å²) in [5, 5.41) is 3.40. The molecule has 0 radical (unpaired) electrons. The van der Waals surface area contributed by atoms with E-state index in [1.165, 1.54) is 11.1 Å². The minimum Gasteiger partial charge on any atom is -0.381 e. The summed E-state index contributed by atoms with van der Waals surface area (Å²) in [6, 6.07) is 4.12. The molecule has 1 atom stereocenters. The highest BCUT2D eigenvalue weighted by atomic mass is 16.5. The number of pyridine rings is 1.